The normalized spacial score (nSPS) is 15.1. The molecule has 0 unspecified atom stereocenters. The monoisotopic (exact) mass is 435 g/mol. The number of carbonyl (C=O) groups is 2. The SMILES string of the molecule is COc1ccc2nc(/C=C3\SC(=S)N(c4ccc(NC(C)=O)cc4)C3=O)ccc2c1. The molecule has 0 atom stereocenters. The van der Waals surface area contributed by atoms with Gasteiger partial charge >= 0.3 is 0 Å². The van der Waals surface area contributed by atoms with Gasteiger partial charge in [0.2, 0.25) is 5.91 Å². The van der Waals surface area contributed by atoms with Crippen LogP contribution < -0.4 is 15.0 Å². The van der Waals surface area contributed by atoms with Crippen LogP contribution in [0.1, 0.15) is 12.6 Å². The van der Waals surface area contributed by atoms with E-state index < -0.39 is 0 Å². The molecule has 3 aromatic rings. The lowest BCUT2D eigenvalue weighted by atomic mass is 10.2. The Labute approximate surface area is 182 Å². The minimum Gasteiger partial charge on any atom is -0.497 e. The van der Waals surface area contributed by atoms with E-state index in [1.54, 1.807) is 37.5 Å². The molecule has 1 N–H and O–H groups in total. The number of fused-ring (bicyclic) bond motifs is 1. The highest BCUT2D eigenvalue weighted by atomic mass is 32.2. The molecule has 0 radical (unpaired) electrons. The third-order valence-corrected chi connectivity index (χ3v) is 5.74. The van der Waals surface area contributed by atoms with Crippen LogP contribution in [0.25, 0.3) is 17.0 Å². The van der Waals surface area contributed by atoms with E-state index in [2.05, 4.69) is 10.3 Å². The van der Waals surface area contributed by atoms with Gasteiger partial charge in [-0.3, -0.25) is 14.5 Å². The molecule has 0 spiro atoms. The summed E-state index contributed by atoms with van der Waals surface area (Å²) in [5.74, 6) is 0.411. The van der Waals surface area contributed by atoms with Gasteiger partial charge in [0.1, 0.15) is 5.75 Å². The van der Waals surface area contributed by atoms with Crippen molar-refractivity contribution in [2.75, 3.05) is 17.3 Å². The van der Waals surface area contributed by atoms with Crippen molar-refractivity contribution < 1.29 is 14.3 Å². The van der Waals surface area contributed by atoms with E-state index in [1.807, 2.05) is 30.3 Å². The number of aromatic nitrogens is 1. The van der Waals surface area contributed by atoms with Gasteiger partial charge in [-0.05, 0) is 54.6 Å². The molecule has 0 saturated carbocycles. The number of nitrogens with one attached hydrogen (secondary N) is 1. The first-order chi connectivity index (χ1) is 14.4. The summed E-state index contributed by atoms with van der Waals surface area (Å²) in [7, 11) is 1.62. The molecule has 2 aromatic carbocycles. The Balaban J connectivity index is 1.59. The molecule has 150 valence electrons. The second-order valence-corrected chi connectivity index (χ2v) is 8.22. The predicted octanol–water partition coefficient (Wildman–Crippen LogP) is 4.61. The van der Waals surface area contributed by atoms with Gasteiger partial charge in [0.15, 0.2) is 4.32 Å². The largest absolute Gasteiger partial charge is 0.497 e. The van der Waals surface area contributed by atoms with Crippen LogP contribution in [0.2, 0.25) is 0 Å². The Bertz CT molecular complexity index is 1210. The summed E-state index contributed by atoms with van der Waals surface area (Å²) in [6.07, 6.45) is 1.74. The van der Waals surface area contributed by atoms with E-state index >= 15 is 0 Å². The minimum absolute atomic E-state index is 0.155. The lowest BCUT2D eigenvalue weighted by molar-refractivity contribution is -0.114. The van der Waals surface area contributed by atoms with Crippen molar-refractivity contribution in [1.82, 2.24) is 4.98 Å². The van der Waals surface area contributed by atoms with Crippen LogP contribution in [-0.4, -0.2) is 28.2 Å². The number of benzene rings is 2. The first kappa shape index (κ1) is 20.1. The van der Waals surface area contributed by atoms with Crippen LogP contribution in [-0.2, 0) is 9.59 Å². The molecule has 2 heterocycles. The number of amides is 2. The van der Waals surface area contributed by atoms with E-state index in [4.69, 9.17) is 17.0 Å². The highest BCUT2D eigenvalue weighted by Crippen LogP contribution is 2.36. The summed E-state index contributed by atoms with van der Waals surface area (Å²) in [5.41, 5.74) is 2.79. The fourth-order valence-electron chi connectivity index (χ4n) is 3.05. The van der Waals surface area contributed by atoms with Crippen LogP contribution in [0.5, 0.6) is 5.75 Å². The number of ether oxygens (including phenoxy) is 1. The van der Waals surface area contributed by atoms with Gasteiger partial charge in [0.05, 0.1) is 28.9 Å². The van der Waals surface area contributed by atoms with Crippen molar-refractivity contribution in [3.05, 3.63) is 65.2 Å². The first-order valence-electron chi connectivity index (χ1n) is 9.05. The summed E-state index contributed by atoms with van der Waals surface area (Å²) in [4.78, 5) is 30.7. The number of hydrogen-bond donors (Lipinski definition) is 1. The van der Waals surface area contributed by atoms with Crippen molar-refractivity contribution in [3.8, 4) is 5.75 Å². The maximum Gasteiger partial charge on any atom is 0.270 e. The second-order valence-electron chi connectivity index (χ2n) is 6.54. The van der Waals surface area contributed by atoms with Crippen LogP contribution in [0, 0.1) is 0 Å². The number of thiocarbonyl (C=S) groups is 1. The number of rotatable bonds is 4. The van der Waals surface area contributed by atoms with E-state index in [-0.39, 0.29) is 11.8 Å². The third kappa shape index (κ3) is 4.05. The average molecular weight is 436 g/mol. The smallest absolute Gasteiger partial charge is 0.270 e. The molecule has 1 saturated heterocycles. The lowest BCUT2D eigenvalue weighted by Crippen LogP contribution is -2.27. The number of pyridine rings is 1. The Morgan fingerprint density at radius 1 is 1.17 bits per heavy atom. The second kappa shape index (κ2) is 8.25. The van der Waals surface area contributed by atoms with E-state index in [9.17, 15) is 9.59 Å². The number of nitrogens with zero attached hydrogens (tertiary/aromatic N) is 2. The number of anilines is 2. The van der Waals surface area contributed by atoms with Gasteiger partial charge in [-0.15, -0.1) is 0 Å². The Kier molecular flexibility index (Phi) is 5.52. The fraction of sp³-hybridized carbons (Fsp3) is 0.0909. The van der Waals surface area contributed by atoms with E-state index in [1.165, 1.54) is 23.6 Å². The van der Waals surface area contributed by atoms with Crippen molar-refractivity contribution >= 4 is 68.5 Å². The number of thioether (sulfide) groups is 1. The molecule has 0 aliphatic carbocycles. The van der Waals surface area contributed by atoms with Crippen molar-refractivity contribution in [3.63, 3.8) is 0 Å². The number of methoxy groups -OCH3 is 1. The lowest BCUT2D eigenvalue weighted by Gasteiger charge is -2.15. The fourth-order valence-corrected chi connectivity index (χ4v) is 4.33. The Morgan fingerprint density at radius 3 is 2.63 bits per heavy atom. The molecule has 8 heteroatoms. The molecule has 2 amide bonds. The minimum atomic E-state index is -0.200. The molecule has 1 aliphatic rings. The maximum absolute atomic E-state index is 13.0. The highest BCUT2D eigenvalue weighted by Gasteiger charge is 2.33. The van der Waals surface area contributed by atoms with Crippen molar-refractivity contribution in [1.29, 1.82) is 0 Å². The number of carbonyl (C=O) groups excluding carboxylic acids is 2. The van der Waals surface area contributed by atoms with Gasteiger partial charge in [-0.2, -0.15) is 0 Å². The summed E-state index contributed by atoms with van der Waals surface area (Å²) < 4.78 is 5.69. The Hall–Kier alpha value is -3.23. The Morgan fingerprint density at radius 2 is 1.93 bits per heavy atom. The van der Waals surface area contributed by atoms with Gasteiger partial charge in [-0.1, -0.05) is 30.0 Å². The van der Waals surface area contributed by atoms with E-state index in [0.29, 0.717) is 26.3 Å². The molecule has 30 heavy (non-hydrogen) atoms. The average Bonchev–Trinajstić information content (AvgIpc) is 3.01. The molecular formula is C22H17N3O3S2. The topological polar surface area (TPSA) is 71.5 Å². The summed E-state index contributed by atoms with van der Waals surface area (Å²) in [6.45, 7) is 1.44. The molecule has 1 aromatic heterocycles. The zero-order valence-electron chi connectivity index (χ0n) is 16.2. The van der Waals surface area contributed by atoms with Gasteiger partial charge < -0.3 is 10.1 Å². The number of hydrogen-bond acceptors (Lipinski definition) is 6. The third-order valence-electron chi connectivity index (χ3n) is 4.44. The molecule has 1 aliphatic heterocycles. The summed E-state index contributed by atoms with van der Waals surface area (Å²) >= 11 is 6.66. The van der Waals surface area contributed by atoms with E-state index in [0.717, 1.165) is 16.7 Å². The zero-order chi connectivity index (χ0) is 21.3. The van der Waals surface area contributed by atoms with Crippen LogP contribution in [0.15, 0.2) is 59.5 Å². The van der Waals surface area contributed by atoms with Crippen LogP contribution in [0.4, 0.5) is 11.4 Å². The molecule has 4 rings (SSSR count). The van der Waals surface area contributed by atoms with Crippen molar-refractivity contribution in [2.24, 2.45) is 0 Å². The summed E-state index contributed by atoms with van der Waals surface area (Å²) in [5, 5.41) is 3.66. The highest BCUT2D eigenvalue weighted by molar-refractivity contribution is 8.27. The predicted molar refractivity (Wildman–Crippen MR) is 125 cm³/mol. The summed E-state index contributed by atoms with van der Waals surface area (Å²) in [6, 6.07) is 16.4. The molecular weight excluding hydrogens is 418 g/mol. The zero-order valence-corrected chi connectivity index (χ0v) is 17.8. The van der Waals surface area contributed by atoms with Crippen LogP contribution in [0.3, 0.4) is 0 Å². The molecule has 1 fully saturated rings. The quantitative estimate of drug-likeness (QED) is 0.477. The standard InChI is InChI=1S/C22H17N3O3S2/c1-13(26)23-15-5-7-17(8-6-15)25-21(27)20(30-22(25)29)12-16-4-3-14-11-18(28-2)9-10-19(14)24-16/h3-12H,1-2H3,(H,23,26)/b20-12-. The molecule has 6 nitrogen and oxygen atoms in total. The van der Waals surface area contributed by atoms with Crippen molar-refractivity contribution in [2.45, 2.75) is 6.92 Å². The molecule has 0 bridgehead atoms. The maximum atomic E-state index is 13.0. The first-order valence-corrected chi connectivity index (χ1v) is 10.3. The van der Waals surface area contributed by atoms with Gasteiger partial charge in [0.25, 0.3) is 5.91 Å². The van der Waals surface area contributed by atoms with Gasteiger partial charge in [0, 0.05) is 18.0 Å². The van der Waals surface area contributed by atoms with Crippen LogP contribution >= 0.6 is 24.0 Å². The van der Waals surface area contributed by atoms with Gasteiger partial charge in [-0.25, -0.2) is 4.98 Å².